The van der Waals surface area contributed by atoms with Crippen LogP contribution in [-0.4, -0.2) is 15.7 Å². The van der Waals surface area contributed by atoms with Gasteiger partial charge in [0.05, 0.1) is 17.8 Å². The normalized spacial score (nSPS) is 15.7. The molecule has 2 atom stereocenters. The van der Waals surface area contributed by atoms with E-state index in [-0.39, 0.29) is 18.0 Å². The standard InChI is InChI=1S/C21H29N3O/c1-13(24-17(5)14(2)15(3)23-24)11-21(25)22-16(4)19-10-9-18-7-6-8-20(18)12-19/h9-10,12-13,16H,6-8,11H2,1-5H3,(H,22,25)/t13-,16+/m1/s1. The van der Waals surface area contributed by atoms with E-state index in [1.165, 1.54) is 35.1 Å². The molecule has 0 fully saturated rings. The van der Waals surface area contributed by atoms with Crippen molar-refractivity contribution in [1.82, 2.24) is 15.1 Å². The zero-order chi connectivity index (χ0) is 18.1. The zero-order valence-electron chi connectivity index (χ0n) is 16.0. The topological polar surface area (TPSA) is 46.9 Å². The van der Waals surface area contributed by atoms with Gasteiger partial charge in [0.15, 0.2) is 0 Å². The van der Waals surface area contributed by atoms with Crippen molar-refractivity contribution < 1.29 is 4.79 Å². The Labute approximate surface area is 150 Å². The van der Waals surface area contributed by atoms with Crippen LogP contribution < -0.4 is 5.32 Å². The summed E-state index contributed by atoms with van der Waals surface area (Å²) >= 11 is 0. The molecule has 0 saturated heterocycles. The molecule has 0 spiro atoms. The molecule has 1 aliphatic rings. The van der Waals surface area contributed by atoms with E-state index in [0.29, 0.717) is 6.42 Å². The van der Waals surface area contributed by atoms with Crippen LogP contribution in [0.5, 0.6) is 0 Å². The van der Waals surface area contributed by atoms with Crippen molar-refractivity contribution in [2.75, 3.05) is 0 Å². The van der Waals surface area contributed by atoms with Crippen LogP contribution in [0.4, 0.5) is 0 Å². The molecule has 0 bridgehead atoms. The SMILES string of the molecule is Cc1nn([C@H](C)CC(=O)N[C@@H](C)c2ccc3c(c2)CCC3)c(C)c1C. The summed E-state index contributed by atoms with van der Waals surface area (Å²) < 4.78 is 1.98. The highest BCUT2D eigenvalue weighted by atomic mass is 16.1. The molecule has 25 heavy (non-hydrogen) atoms. The number of nitrogens with zero attached hydrogens (tertiary/aromatic N) is 2. The summed E-state index contributed by atoms with van der Waals surface area (Å²) in [6.45, 7) is 10.3. The molecule has 3 rings (SSSR count). The van der Waals surface area contributed by atoms with Crippen molar-refractivity contribution in [3.05, 3.63) is 51.8 Å². The molecule has 0 radical (unpaired) electrons. The minimum atomic E-state index is 0.0350. The minimum Gasteiger partial charge on any atom is -0.350 e. The Morgan fingerprint density at radius 1 is 1.20 bits per heavy atom. The van der Waals surface area contributed by atoms with Gasteiger partial charge in [-0.05, 0) is 76.1 Å². The van der Waals surface area contributed by atoms with Gasteiger partial charge in [-0.1, -0.05) is 18.2 Å². The Kier molecular flexibility index (Phi) is 4.98. The molecule has 1 aromatic heterocycles. The summed E-state index contributed by atoms with van der Waals surface area (Å²) in [5, 5.41) is 7.72. The maximum Gasteiger partial charge on any atom is 0.222 e. The van der Waals surface area contributed by atoms with Gasteiger partial charge in [-0.15, -0.1) is 0 Å². The second-order valence-electron chi connectivity index (χ2n) is 7.46. The number of carbonyl (C=O) groups excluding carboxylic acids is 1. The second kappa shape index (κ2) is 7.03. The fourth-order valence-electron chi connectivity index (χ4n) is 3.77. The maximum atomic E-state index is 12.5. The summed E-state index contributed by atoms with van der Waals surface area (Å²) in [4.78, 5) is 12.5. The second-order valence-corrected chi connectivity index (χ2v) is 7.46. The van der Waals surface area contributed by atoms with Gasteiger partial charge in [0, 0.05) is 12.1 Å². The van der Waals surface area contributed by atoms with Crippen molar-refractivity contribution in [3.63, 3.8) is 0 Å². The van der Waals surface area contributed by atoms with Gasteiger partial charge in [-0.2, -0.15) is 5.10 Å². The van der Waals surface area contributed by atoms with E-state index in [9.17, 15) is 4.79 Å². The number of aromatic nitrogens is 2. The molecule has 4 nitrogen and oxygen atoms in total. The third-order valence-corrected chi connectivity index (χ3v) is 5.59. The van der Waals surface area contributed by atoms with E-state index in [1.807, 2.05) is 11.6 Å². The number of amides is 1. The summed E-state index contributed by atoms with van der Waals surface area (Å²) in [6, 6.07) is 6.73. The Hall–Kier alpha value is -2.10. The largest absolute Gasteiger partial charge is 0.350 e. The molecule has 1 aromatic carbocycles. The average Bonchev–Trinajstić information content (AvgIpc) is 3.14. The van der Waals surface area contributed by atoms with E-state index in [2.05, 4.69) is 56.3 Å². The Bertz CT molecular complexity index is 791. The van der Waals surface area contributed by atoms with Crippen molar-refractivity contribution >= 4 is 5.91 Å². The van der Waals surface area contributed by atoms with Gasteiger partial charge in [-0.3, -0.25) is 9.48 Å². The van der Waals surface area contributed by atoms with Gasteiger partial charge >= 0.3 is 0 Å². The lowest BCUT2D eigenvalue weighted by Crippen LogP contribution is -2.29. The highest BCUT2D eigenvalue weighted by Gasteiger charge is 2.19. The molecular formula is C21H29N3O. The van der Waals surface area contributed by atoms with E-state index in [1.54, 1.807) is 0 Å². The van der Waals surface area contributed by atoms with E-state index < -0.39 is 0 Å². The number of nitrogens with one attached hydrogen (secondary N) is 1. The smallest absolute Gasteiger partial charge is 0.222 e. The molecule has 1 N–H and O–H groups in total. The first-order valence-corrected chi connectivity index (χ1v) is 9.30. The first-order chi connectivity index (χ1) is 11.9. The first kappa shape index (κ1) is 17.7. The van der Waals surface area contributed by atoms with Crippen LogP contribution in [-0.2, 0) is 17.6 Å². The molecule has 2 aromatic rings. The number of rotatable bonds is 5. The summed E-state index contributed by atoms with van der Waals surface area (Å²) in [6.07, 6.45) is 4.05. The average molecular weight is 339 g/mol. The van der Waals surface area contributed by atoms with Gasteiger partial charge in [-0.25, -0.2) is 0 Å². The number of hydrogen-bond donors (Lipinski definition) is 1. The Balaban J connectivity index is 1.62. The molecular weight excluding hydrogens is 310 g/mol. The van der Waals surface area contributed by atoms with Crippen molar-refractivity contribution in [2.45, 2.75) is 72.4 Å². The molecule has 1 amide bonds. The summed E-state index contributed by atoms with van der Waals surface area (Å²) in [7, 11) is 0. The molecule has 4 heteroatoms. The van der Waals surface area contributed by atoms with Gasteiger partial charge in [0.25, 0.3) is 0 Å². The van der Waals surface area contributed by atoms with Crippen molar-refractivity contribution in [2.24, 2.45) is 0 Å². The highest BCUT2D eigenvalue weighted by Crippen LogP contribution is 2.25. The lowest BCUT2D eigenvalue weighted by atomic mass is 10.0. The third-order valence-electron chi connectivity index (χ3n) is 5.59. The fourth-order valence-corrected chi connectivity index (χ4v) is 3.77. The lowest BCUT2D eigenvalue weighted by molar-refractivity contribution is -0.122. The molecule has 0 aliphatic heterocycles. The third kappa shape index (κ3) is 3.63. The molecule has 134 valence electrons. The van der Waals surface area contributed by atoms with Crippen LogP contribution in [0.3, 0.4) is 0 Å². The fraction of sp³-hybridized carbons (Fsp3) is 0.524. The van der Waals surface area contributed by atoms with Crippen LogP contribution >= 0.6 is 0 Å². The predicted molar refractivity (Wildman–Crippen MR) is 101 cm³/mol. The number of hydrogen-bond acceptors (Lipinski definition) is 2. The predicted octanol–water partition coefficient (Wildman–Crippen LogP) is 4.13. The Morgan fingerprint density at radius 2 is 1.92 bits per heavy atom. The number of carbonyl (C=O) groups is 1. The molecule has 1 heterocycles. The minimum absolute atomic E-state index is 0.0350. The van der Waals surface area contributed by atoms with Crippen LogP contribution in [0, 0.1) is 20.8 Å². The quantitative estimate of drug-likeness (QED) is 0.890. The van der Waals surface area contributed by atoms with Gasteiger partial charge in [0.1, 0.15) is 0 Å². The Morgan fingerprint density at radius 3 is 2.60 bits per heavy atom. The van der Waals surface area contributed by atoms with Crippen LogP contribution in [0.1, 0.15) is 72.4 Å². The number of benzene rings is 1. The molecule has 1 aliphatic carbocycles. The summed E-state index contributed by atoms with van der Waals surface area (Å²) in [5.41, 5.74) is 7.50. The van der Waals surface area contributed by atoms with E-state index >= 15 is 0 Å². The van der Waals surface area contributed by atoms with Crippen molar-refractivity contribution in [3.8, 4) is 0 Å². The zero-order valence-corrected chi connectivity index (χ0v) is 16.0. The summed E-state index contributed by atoms with van der Waals surface area (Å²) in [5.74, 6) is 0.0747. The monoisotopic (exact) mass is 339 g/mol. The van der Waals surface area contributed by atoms with Gasteiger partial charge < -0.3 is 5.32 Å². The van der Waals surface area contributed by atoms with Crippen LogP contribution in [0.25, 0.3) is 0 Å². The molecule has 0 unspecified atom stereocenters. The first-order valence-electron chi connectivity index (χ1n) is 9.30. The van der Waals surface area contributed by atoms with Gasteiger partial charge in [0.2, 0.25) is 5.91 Å². The van der Waals surface area contributed by atoms with Crippen LogP contribution in [0.2, 0.25) is 0 Å². The molecule has 0 saturated carbocycles. The van der Waals surface area contributed by atoms with E-state index in [0.717, 1.165) is 17.8 Å². The maximum absolute atomic E-state index is 12.5. The highest BCUT2D eigenvalue weighted by molar-refractivity contribution is 5.76. The number of aryl methyl sites for hydroxylation is 3. The van der Waals surface area contributed by atoms with E-state index in [4.69, 9.17) is 0 Å². The number of fused-ring (bicyclic) bond motifs is 1. The lowest BCUT2D eigenvalue weighted by Gasteiger charge is -2.18. The van der Waals surface area contributed by atoms with Crippen LogP contribution in [0.15, 0.2) is 18.2 Å². The van der Waals surface area contributed by atoms with Crippen molar-refractivity contribution in [1.29, 1.82) is 0 Å².